The highest BCUT2D eigenvalue weighted by molar-refractivity contribution is 7.85. The molecule has 0 amide bonds. The van der Waals surface area contributed by atoms with Crippen molar-refractivity contribution in [2.45, 2.75) is 39.8 Å². The summed E-state index contributed by atoms with van der Waals surface area (Å²) in [6.45, 7) is 7.01. The summed E-state index contributed by atoms with van der Waals surface area (Å²) < 4.78 is 30.1. The topological polar surface area (TPSA) is 83.5 Å². The van der Waals surface area contributed by atoms with Gasteiger partial charge in [0.05, 0.1) is 11.8 Å². The maximum atomic E-state index is 11.6. The molecule has 0 fully saturated rings. The molecule has 2 N–H and O–H groups in total. The molecule has 15 heavy (non-hydrogen) atoms. The Morgan fingerprint density at radius 3 is 2.00 bits per heavy atom. The van der Waals surface area contributed by atoms with E-state index in [1.165, 1.54) is 0 Å². The van der Waals surface area contributed by atoms with Gasteiger partial charge < -0.3 is 5.32 Å². The highest BCUT2D eigenvalue weighted by Crippen LogP contribution is 2.03. The van der Waals surface area contributed by atoms with Gasteiger partial charge in [0.25, 0.3) is 10.1 Å². The van der Waals surface area contributed by atoms with Crippen molar-refractivity contribution in [1.82, 2.24) is 5.32 Å². The van der Waals surface area contributed by atoms with Crippen LogP contribution in [-0.2, 0) is 14.9 Å². The molecular formula is C9H19NO4S. The minimum Gasteiger partial charge on any atom is -0.304 e. The van der Waals surface area contributed by atoms with Crippen LogP contribution in [0.3, 0.4) is 0 Å². The standard InChI is InChI=1S/C9H19NO4S/c1-6(2)9(11)8(10-7(3)4)5-15(12,13)14/h6-8,10H,5H2,1-4H3,(H,12,13,14). The maximum absolute atomic E-state index is 11.6. The van der Waals surface area contributed by atoms with Crippen LogP contribution in [0, 0.1) is 5.92 Å². The highest BCUT2D eigenvalue weighted by atomic mass is 32.2. The fourth-order valence-electron chi connectivity index (χ4n) is 1.23. The average molecular weight is 237 g/mol. The van der Waals surface area contributed by atoms with Crippen LogP contribution in [0.4, 0.5) is 0 Å². The molecule has 0 saturated carbocycles. The van der Waals surface area contributed by atoms with E-state index in [0.717, 1.165) is 0 Å². The Balaban J connectivity index is 4.66. The average Bonchev–Trinajstić information content (AvgIpc) is 1.97. The van der Waals surface area contributed by atoms with Gasteiger partial charge in [-0.25, -0.2) is 0 Å². The molecule has 0 bridgehead atoms. The lowest BCUT2D eigenvalue weighted by Crippen LogP contribution is -2.47. The molecule has 0 aromatic rings. The first-order valence-corrected chi connectivity index (χ1v) is 6.49. The van der Waals surface area contributed by atoms with Crippen molar-refractivity contribution in [2.24, 2.45) is 5.92 Å². The van der Waals surface area contributed by atoms with E-state index in [1.54, 1.807) is 13.8 Å². The number of nitrogens with one attached hydrogen (secondary N) is 1. The van der Waals surface area contributed by atoms with Crippen molar-refractivity contribution in [3.63, 3.8) is 0 Å². The molecule has 0 saturated heterocycles. The summed E-state index contributed by atoms with van der Waals surface area (Å²) in [6.07, 6.45) is 0. The molecule has 0 aromatic heterocycles. The van der Waals surface area contributed by atoms with Gasteiger partial charge in [0.1, 0.15) is 0 Å². The first kappa shape index (κ1) is 14.5. The van der Waals surface area contributed by atoms with Crippen LogP contribution in [0.25, 0.3) is 0 Å². The third-order valence-electron chi connectivity index (χ3n) is 1.82. The minimum atomic E-state index is -4.13. The van der Waals surface area contributed by atoms with Crippen molar-refractivity contribution in [3.05, 3.63) is 0 Å². The lowest BCUT2D eigenvalue weighted by molar-refractivity contribution is -0.123. The van der Waals surface area contributed by atoms with Gasteiger partial charge >= 0.3 is 0 Å². The molecule has 0 aliphatic heterocycles. The lowest BCUT2D eigenvalue weighted by atomic mass is 10.0. The van der Waals surface area contributed by atoms with E-state index >= 15 is 0 Å². The number of rotatable bonds is 6. The van der Waals surface area contributed by atoms with Gasteiger partial charge in [0.15, 0.2) is 5.78 Å². The molecule has 0 aromatic carbocycles. The smallest absolute Gasteiger partial charge is 0.266 e. The Morgan fingerprint density at radius 1 is 1.27 bits per heavy atom. The zero-order chi connectivity index (χ0) is 12.2. The minimum absolute atomic E-state index is 0.0144. The SMILES string of the molecule is CC(C)NC(CS(=O)(=O)O)C(=O)C(C)C. The summed E-state index contributed by atoms with van der Waals surface area (Å²) in [4.78, 5) is 11.6. The van der Waals surface area contributed by atoms with Crippen LogP contribution >= 0.6 is 0 Å². The van der Waals surface area contributed by atoms with Crippen LogP contribution < -0.4 is 5.32 Å². The second-order valence-corrected chi connectivity index (χ2v) is 5.68. The Kier molecular flexibility index (Phi) is 5.41. The monoisotopic (exact) mass is 237 g/mol. The lowest BCUT2D eigenvalue weighted by Gasteiger charge is -2.20. The van der Waals surface area contributed by atoms with Gasteiger partial charge in [-0.1, -0.05) is 27.7 Å². The molecule has 1 unspecified atom stereocenters. The molecule has 0 radical (unpaired) electrons. The van der Waals surface area contributed by atoms with Crippen LogP contribution in [0.15, 0.2) is 0 Å². The molecule has 0 spiro atoms. The van der Waals surface area contributed by atoms with Gasteiger partial charge in [0, 0.05) is 12.0 Å². The number of Topliss-reactive ketones (excluding diaryl/α,β-unsaturated/α-hetero) is 1. The molecule has 6 heteroatoms. The van der Waals surface area contributed by atoms with E-state index in [0.29, 0.717) is 0 Å². The van der Waals surface area contributed by atoms with Crippen molar-refractivity contribution >= 4 is 15.9 Å². The quantitative estimate of drug-likeness (QED) is 0.656. The second-order valence-electron chi connectivity index (χ2n) is 4.18. The van der Waals surface area contributed by atoms with E-state index in [1.807, 2.05) is 13.8 Å². The fourth-order valence-corrected chi connectivity index (χ4v) is 1.91. The van der Waals surface area contributed by atoms with Crippen molar-refractivity contribution in [3.8, 4) is 0 Å². The van der Waals surface area contributed by atoms with E-state index in [4.69, 9.17) is 4.55 Å². The molecule has 1 atom stereocenters. The first-order valence-electron chi connectivity index (χ1n) is 4.88. The van der Waals surface area contributed by atoms with Gasteiger partial charge in [0.2, 0.25) is 0 Å². The molecular weight excluding hydrogens is 218 g/mol. The van der Waals surface area contributed by atoms with Crippen LogP contribution in [0.5, 0.6) is 0 Å². The number of hydrogen-bond acceptors (Lipinski definition) is 4. The van der Waals surface area contributed by atoms with E-state index < -0.39 is 21.9 Å². The summed E-state index contributed by atoms with van der Waals surface area (Å²) >= 11 is 0. The number of hydrogen-bond donors (Lipinski definition) is 2. The third-order valence-corrected chi connectivity index (χ3v) is 2.58. The zero-order valence-corrected chi connectivity index (χ0v) is 10.3. The largest absolute Gasteiger partial charge is 0.304 e. The normalized spacial score (nSPS) is 14.6. The van der Waals surface area contributed by atoms with Gasteiger partial charge in [-0.05, 0) is 0 Å². The summed E-state index contributed by atoms with van der Waals surface area (Å²) in [7, 11) is -4.13. The summed E-state index contributed by atoms with van der Waals surface area (Å²) in [5, 5.41) is 2.83. The van der Waals surface area contributed by atoms with Gasteiger partial charge in [-0.3, -0.25) is 9.35 Å². The second kappa shape index (κ2) is 5.58. The van der Waals surface area contributed by atoms with E-state index in [-0.39, 0.29) is 17.7 Å². The Hall–Kier alpha value is -0.460. The van der Waals surface area contributed by atoms with Crippen LogP contribution in [0.2, 0.25) is 0 Å². The molecule has 90 valence electrons. The summed E-state index contributed by atoms with van der Waals surface area (Å²) in [6, 6.07) is -0.848. The van der Waals surface area contributed by atoms with Crippen molar-refractivity contribution in [2.75, 3.05) is 5.75 Å². The highest BCUT2D eigenvalue weighted by Gasteiger charge is 2.26. The van der Waals surface area contributed by atoms with Gasteiger partial charge in [-0.15, -0.1) is 0 Å². The Labute approximate surface area is 91.0 Å². The fraction of sp³-hybridized carbons (Fsp3) is 0.889. The molecule has 0 rings (SSSR count). The van der Waals surface area contributed by atoms with Crippen LogP contribution in [-0.4, -0.2) is 36.6 Å². The predicted octanol–water partition coefficient (Wildman–Crippen LogP) is 0.466. The summed E-state index contributed by atoms with van der Waals surface area (Å²) in [5.74, 6) is -1.04. The Morgan fingerprint density at radius 2 is 1.73 bits per heavy atom. The first-order chi connectivity index (χ1) is 6.63. The summed E-state index contributed by atoms with van der Waals surface area (Å²) in [5.41, 5.74) is 0. The molecule has 0 heterocycles. The van der Waals surface area contributed by atoms with E-state index in [2.05, 4.69) is 5.32 Å². The van der Waals surface area contributed by atoms with Crippen LogP contribution in [0.1, 0.15) is 27.7 Å². The number of carbonyl (C=O) groups excluding carboxylic acids is 1. The zero-order valence-electron chi connectivity index (χ0n) is 9.52. The molecule has 5 nitrogen and oxygen atoms in total. The van der Waals surface area contributed by atoms with Crippen molar-refractivity contribution < 1.29 is 17.8 Å². The third kappa shape index (κ3) is 6.59. The van der Waals surface area contributed by atoms with E-state index in [9.17, 15) is 13.2 Å². The van der Waals surface area contributed by atoms with Gasteiger partial charge in [-0.2, -0.15) is 8.42 Å². The Bertz CT molecular complexity index is 308. The molecule has 0 aliphatic carbocycles. The number of ketones is 1. The number of carbonyl (C=O) groups is 1. The molecule has 0 aliphatic rings. The van der Waals surface area contributed by atoms with Crippen molar-refractivity contribution in [1.29, 1.82) is 0 Å². The maximum Gasteiger partial charge on any atom is 0.266 e. The predicted molar refractivity (Wildman–Crippen MR) is 58.3 cm³/mol.